The van der Waals surface area contributed by atoms with E-state index in [9.17, 15) is 4.79 Å². The van der Waals surface area contributed by atoms with E-state index in [4.69, 9.17) is 4.74 Å². The molecule has 0 saturated heterocycles. The molecule has 0 aliphatic carbocycles. The van der Waals surface area contributed by atoms with Crippen molar-refractivity contribution in [3.8, 4) is 5.75 Å². The minimum absolute atomic E-state index is 0.146. The normalized spacial score (nSPS) is 12.0. The van der Waals surface area contributed by atoms with E-state index in [2.05, 4.69) is 36.3 Å². The highest BCUT2D eigenvalue weighted by atomic mass is 16.5. The third-order valence-corrected chi connectivity index (χ3v) is 3.63. The molecule has 122 valence electrons. The van der Waals surface area contributed by atoms with Crippen molar-refractivity contribution in [1.82, 2.24) is 10.3 Å². The molecule has 0 spiro atoms. The second-order valence-electron chi connectivity index (χ2n) is 5.99. The van der Waals surface area contributed by atoms with Crippen molar-refractivity contribution in [3.05, 3.63) is 59.4 Å². The first-order chi connectivity index (χ1) is 11.0. The number of rotatable bonds is 6. The summed E-state index contributed by atoms with van der Waals surface area (Å²) in [7, 11) is 0. The quantitative estimate of drug-likeness (QED) is 0.886. The lowest BCUT2D eigenvalue weighted by Gasteiger charge is -2.19. The highest BCUT2D eigenvalue weighted by molar-refractivity contribution is 5.80. The fourth-order valence-electron chi connectivity index (χ4n) is 2.29. The van der Waals surface area contributed by atoms with Crippen molar-refractivity contribution in [3.63, 3.8) is 0 Å². The van der Waals surface area contributed by atoms with Gasteiger partial charge in [0.2, 0.25) is 0 Å². The zero-order valence-electron chi connectivity index (χ0n) is 14.2. The summed E-state index contributed by atoms with van der Waals surface area (Å²) in [4.78, 5) is 16.4. The van der Waals surface area contributed by atoms with Gasteiger partial charge in [-0.25, -0.2) is 0 Å². The van der Waals surface area contributed by atoms with E-state index in [1.54, 1.807) is 13.1 Å². The van der Waals surface area contributed by atoms with Crippen LogP contribution >= 0.6 is 0 Å². The Kier molecular flexibility index (Phi) is 5.74. The van der Waals surface area contributed by atoms with Gasteiger partial charge in [-0.05, 0) is 49.1 Å². The maximum absolute atomic E-state index is 12.2. The number of pyridine rings is 1. The predicted molar refractivity (Wildman–Crippen MR) is 91.4 cm³/mol. The minimum atomic E-state index is -0.557. The van der Waals surface area contributed by atoms with Gasteiger partial charge in [0.25, 0.3) is 5.91 Å². The average Bonchev–Trinajstić information content (AvgIpc) is 2.53. The van der Waals surface area contributed by atoms with Gasteiger partial charge in [-0.15, -0.1) is 0 Å². The number of nitrogens with one attached hydrogen (secondary N) is 1. The second-order valence-corrected chi connectivity index (χ2v) is 5.99. The first-order valence-corrected chi connectivity index (χ1v) is 7.92. The first kappa shape index (κ1) is 17.0. The Balaban J connectivity index is 1.99. The number of amides is 1. The van der Waals surface area contributed by atoms with Crippen LogP contribution in [0.3, 0.4) is 0 Å². The lowest BCUT2D eigenvalue weighted by atomic mass is 10.0. The van der Waals surface area contributed by atoms with Gasteiger partial charge in [0, 0.05) is 6.20 Å². The SMILES string of the molecule is Cc1ccc(C(C)C)c(OC(C)C(=O)NCc2ccccn2)c1. The van der Waals surface area contributed by atoms with Crippen molar-refractivity contribution >= 4 is 5.91 Å². The number of hydrogen-bond acceptors (Lipinski definition) is 3. The zero-order chi connectivity index (χ0) is 16.8. The molecule has 1 aromatic carbocycles. The van der Waals surface area contributed by atoms with Crippen molar-refractivity contribution in [1.29, 1.82) is 0 Å². The van der Waals surface area contributed by atoms with Crippen LogP contribution in [0, 0.1) is 6.92 Å². The van der Waals surface area contributed by atoms with Crippen LogP contribution in [-0.2, 0) is 11.3 Å². The Labute approximate surface area is 137 Å². The van der Waals surface area contributed by atoms with Crippen LogP contribution in [0.15, 0.2) is 42.6 Å². The molecule has 1 unspecified atom stereocenters. The Morgan fingerprint density at radius 1 is 1.22 bits per heavy atom. The Morgan fingerprint density at radius 3 is 2.65 bits per heavy atom. The summed E-state index contributed by atoms with van der Waals surface area (Å²) in [6, 6.07) is 11.7. The van der Waals surface area contributed by atoms with Crippen LogP contribution in [0.25, 0.3) is 0 Å². The van der Waals surface area contributed by atoms with E-state index < -0.39 is 6.10 Å². The van der Waals surface area contributed by atoms with Gasteiger partial charge in [-0.1, -0.05) is 32.0 Å². The Bertz CT molecular complexity index is 654. The van der Waals surface area contributed by atoms with E-state index in [-0.39, 0.29) is 5.91 Å². The fraction of sp³-hybridized carbons (Fsp3) is 0.368. The van der Waals surface area contributed by atoms with Crippen LogP contribution in [0.4, 0.5) is 0 Å². The molecular formula is C19H24N2O2. The smallest absolute Gasteiger partial charge is 0.261 e. The largest absolute Gasteiger partial charge is 0.481 e. The van der Waals surface area contributed by atoms with Gasteiger partial charge < -0.3 is 10.1 Å². The number of nitrogens with zero attached hydrogens (tertiary/aromatic N) is 1. The van der Waals surface area contributed by atoms with Gasteiger partial charge in [-0.3, -0.25) is 9.78 Å². The van der Waals surface area contributed by atoms with Crippen molar-refractivity contribution in [2.45, 2.75) is 46.3 Å². The third kappa shape index (κ3) is 4.81. The first-order valence-electron chi connectivity index (χ1n) is 7.92. The van der Waals surface area contributed by atoms with E-state index in [1.165, 1.54) is 0 Å². The molecule has 2 aromatic rings. The molecule has 2 rings (SSSR count). The van der Waals surface area contributed by atoms with E-state index in [1.807, 2.05) is 31.2 Å². The number of aromatic nitrogens is 1. The highest BCUT2D eigenvalue weighted by Crippen LogP contribution is 2.28. The monoisotopic (exact) mass is 312 g/mol. The molecule has 1 heterocycles. The Hall–Kier alpha value is -2.36. The van der Waals surface area contributed by atoms with Crippen LogP contribution in [-0.4, -0.2) is 17.0 Å². The predicted octanol–water partition coefficient (Wildman–Crippen LogP) is 3.60. The topological polar surface area (TPSA) is 51.2 Å². The van der Waals surface area contributed by atoms with Crippen LogP contribution in [0.5, 0.6) is 5.75 Å². The van der Waals surface area contributed by atoms with Crippen molar-refractivity contribution in [2.24, 2.45) is 0 Å². The average molecular weight is 312 g/mol. The van der Waals surface area contributed by atoms with Gasteiger partial charge in [0.05, 0.1) is 12.2 Å². The number of carbonyl (C=O) groups is 1. The molecule has 1 N–H and O–H groups in total. The molecule has 1 atom stereocenters. The molecule has 0 fully saturated rings. The maximum Gasteiger partial charge on any atom is 0.261 e. The summed E-state index contributed by atoms with van der Waals surface area (Å²) in [6.45, 7) is 8.41. The molecule has 1 aromatic heterocycles. The van der Waals surface area contributed by atoms with Crippen molar-refractivity contribution < 1.29 is 9.53 Å². The molecule has 0 bridgehead atoms. The number of benzene rings is 1. The molecule has 0 radical (unpaired) electrons. The minimum Gasteiger partial charge on any atom is -0.481 e. The van der Waals surface area contributed by atoms with Crippen molar-refractivity contribution in [2.75, 3.05) is 0 Å². The zero-order valence-corrected chi connectivity index (χ0v) is 14.2. The van der Waals surface area contributed by atoms with Gasteiger partial charge in [0.15, 0.2) is 6.10 Å². The summed E-state index contributed by atoms with van der Waals surface area (Å²) in [6.07, 6.45) is 1.15. The van der Waals surface area contributed by atoms with Gasteiger partial charge in [0.1, 0.15) is 5.75 Å². The lowest BCUT2D eigenvalue weighted by Crippen LogP contribution is -2.36. The highest BCUT2D eigenvalue weighted by Gasteiger charge is 2.17. The molecule has 0 aliphatic rings. The van der Waals surface area contributed by atoms with Gasteiger partial charge in [-0.2, -0.15) is 0 Å². The standard InChI is InChI=1S/C19H24N2O2/c1-13(2)17-9-8-14(3)11-18(17)23-15(4)19(22)21-12-16-7-5-6-10-20-16/h5-11,13,15H,12H2,1-4H3,(H,21,22). The molecule has 1 amide bonds. The third-order valence-electron chi connectivity index (χ3n) is 3.63. The van der Waals surface area contributed by atoms with Crippen LogP contribution in [0.1, 0.15) is 43.5 Å². The summed E-state index contributed by atoms with van der Waals surface area (Å²) < 4.78 is 5.91. The maximum atomic E-state index is 12.2. The van der Waals surface area contributed by atoms with E-state index in [0.29, 0.717) is 12.5 Å². The molecule has 4 nitrogen and oxygen atoms in total. The summed E-state index contributed by atoms with van der Waals surface area (Å²) in [5.74, 6) is 0.974. The number of hydrogen-bond donors (Lipinski definition) is 1. The molecule has 23 heavy (non-hydrogen) atoms. The number of aryl methyl sites for hydroxylation is 1. The summed E-state index contributed by atoms with van der Waals surface area (Å²) in [5, 5.41) is 2.86. The van der Waals surface area contributed by atoms with Crippen LogP contribution < -0.4 is 10.1 Å². The van der Waals surface area contributed by atoms with E-state index >= 15 is 0 Å². The fourth-order valence-corrected chi connectivity index (χ4v) is 2.29. The molecular weight excluding hydrogens is 288 g/mol. The van der Waals surface area contributed by atoms with E-state index in [0.717, 1.165) is 22.6 Å². The number of carbonyl (C=O) groups excluding carboxylic acids is 1. The molecule has 0 aliphatic heterocycles. The lowest BCUT2D eigenvalue weighted by molar-refractivity contribution is -0.127. The van der Waals surface area contributed by atoms with Crippen LogP contribution in [0.2, 0.25) is 0 Å². The Morgan fingerprint density at radius 2 is 2.00 bits per heavy atom. The summed E-state index contributed by atoms with van der Waals surface area (Å²) in [5.41, 5.74) is 3.05. The second kappa shape index (κ2) is 7.77. The molecule has 4 heteroatoms. The molecule has 0 saturated carbocycles. The number of ether oxygens (including phenoxy) is 1. The van der Waals surface area contributed by atoms with Gasteiger partial charge >= 0.3 is 0 Å². The summed E-state index contributed by atoms with van der Waals surface area (Å²) >= 11 is 0.